The van der Waals surface area contributed by atoms with Gasteiger partial charge in [-0.25, -0.2) is 10.0 Å². The van der Waals surface area contributed by atoms with Gasteiger partial charge in [0.15, 0.2) is 0 Å². The average Bonchev–Trinajstić information content (AvgIpc) is 3.60. The summed E-state index contributed by atoms with van der Waals surface area (Å²) in [4.78, 5) is 84.6. The Morgan fingerprint density at radius 3 is 2.20 bits per heavy atom. The summed E-state index contributed by atoms with van der Waals surface area (Å²) in [6.45, 7) is -1.32. The van der Waals surface area contributed by atoms with Crippen LogP contribution in [0.2, 0.25) is 0 Å². The standard InChI is InChI=1S/C30H43N9O10/c31-10-4-3-7-19(26(44)38-23(15-41)28(46)35-20-8-5-11-39(49)30(20)48)34-27(45)21(12-17-13-32-16-33-17)36-29(47)22(14-40)37-25(43)18-6-1-2-9-24(18)42/h1-2,6,9,13,16,19-23,40-42,49H,3-5,7-8,10-12,14-15,31H2,(H,32,33)(H,34,45)(H,35,46)(H,36,47)(H,37,43)(H,38,44)/t19-,20+,21+,22+,23+/m1/s1. The van der Waals surface area contributed by atoms with E-state index in [0.717, 1.165) is 0 Å². The molecule has 6 amide bonds. The van der Waals surface area contributed by atoms with Gasteiger partial charge in [-0.1, -0.05) is 12.1 Å². The van der Waals surface area contributed by atoms with Gasteiger partial charge in [0.05, 0.1) is 25.1 Å². The minimum atomic E-state index is -1.54. The Bertz CT molecular complexity index is 1440. The van der Waals surface area contributed by atoms with Crippen LogP contribution in [-0.2, 0) is 30.4 Å². The molecule has 0 unspecified atom stereocenters. The van der Waals surface area contributed by atoms with E-state index in [2.05, 4.69) is 36.6 Å². The zero-order valence-corrected chi connectivity index (χ0v) is 26.6. The van der Waals surface area contributed by atoms with E-state index in [0.29, 0.717) is 30.0 Å². The predicted molar refractivity (Wildman–Crippen MR) is 169 cm³/mol. The van der Waals surface area contributed by atoms with Gasteiger partial charge in [-0.2, -0.15) is 0 Å². The Morgan fingerprint density at radius 2 is 1.55 bits per heavy atom. The highest BCUT2D eigenvalue weighted by atomic mass is 16.5. The topological polar surface area (TPSA) is 301 Å². The summed E-state index contributed by atoms with van der Waals surface area (Å²) in [5.41, 5.74) is 5.87. The van der Waals surface area contributed by atoms with Crippen LogP contribution in [-0.4, -0.2) is 128 Å². The van der Waals surface area contributed by atoms with Crippen LogP contribution in [0.15, 0.2) is 36.8 Å². The van der Waals surface area contributed by atoms with Crippen LogP contribution in [0.5, 0.6) is 5.75 Å². The summed E-state index contributed by atoms with van der Waals surface area (Å²) in [6, 6.07) is -1.20. The lowest BCUT2D eigenvalue weighted by molar-refractivity contribution is -0.173. The monoisotopic (exact) mass is 689 g/mol. The van der Waals surface area contributed by atoms with Crippen LogP contribution in [0, 0.1) is 0 Å². The first-order chi connectivity index (χ1) is 23.5. The highest BCUT2D eigenvalue weighted by molar-refractivity contribution is 6.00. The second kappa shape index (κ2) is 19.0. The SMILES string of the molecule is NCCCC[C@@H](NC(=O)[C@H](Cc1cnc[nH]1)NC(=O)[C@H](CO)NC(=O)c1ccccc1O)C(=O)N[C@@H](CO)C(=O)N[C@H]1CCCN(O)C1=O. The number of carbonyl (C=O) groups is 6. The summed E-state index contributed by atoms with van der Waals surface area (Å²) in [7, 11) is 0. The smallest absolute Gasteiger partial charge is 0.268 e. The minimum Gasteiger partial charge on any atom is -0.507 e. The van der Waals surface area contributed by atoms with Gasteiger partial charge in [-0.15, -0.1) is 0 Å². The van der Waals surface area contributed by atoms with Gasteiger partial charge in [-0.3, -0.25) is 34.0 Å². The van der Waals surface area contributed by atoms with Crippen molar-refractivity contribution in [1.29, 1.82) is 0 Å². The molecule has 49 heavy (non-hydrogen) atoms. The molecule has 3 rings (SSSR count). The number of H-pyrrole nitrogens is 1. The van der Waals surface area contributed by atoms with Crippen molar-refractivity contribution in [3.63, 3.8) is 0 Å². The number of hydrogen-bond donors (Lipinski definition) is 11. The Labute approximate surface area is 281 Å². The normalized spacial score (nSPS) is 16.9. The van der Waals surface area contributed by atoms with Crippen molar-refractivity contribution in [1.82, 2.24) is 41.6 Å². The van der Waals surface area contributed by atoms with E-state index in [-0.39, 0.29) is 43.7 Å². The summed E-state index contributed by atoms with van der Waals surface area (Å²) < 4.78 is 0. The second-order valence-corrected chi connectivity index (χ2v) is 11.3. The molecule has 2 heterocycles. The lowest BCUT2D eigenvalue weighted by Crippen LogP contribution is -2.60. The third-order valence-corrected chi connectivity index (χ3v) is 7.69. The van der Waals surface area contributed by atoms with Crippen molar-refractivity contribution in [3.8, 4) is 5.75 Å². The van der Waals surface area contributed by atoms with Crippen molar-refractivity contribution in [2.75, 3.05) is 26.3 Å². The molecule has 1 aliphatic rings. The number of para-hydroxylation sites is 1. The number of rotatable bonds is 18. The largest absolute Gasteiger partial charge is 0.507 e. The zero-order chi connectivity index (χ0) is 35.9. The molecule has 0 spiro atoms. The molecule has 19 heteroatoms. The number of hydroxylamine groups is 2. The fourth-order valence-electron chi connectivity index (χ4n) is 4.96. The number of amides is 6. The maximum Gasteiger partial charge on any atom is 0.268 e. The minimum absolute atomic E-state index is 0.0513. The molecule has 1 saturated heterocycles. The fourth-order valence-corrected chi connectivity index (χ4v) is 4.96. The highest BCUT2D eigenvalue weighted by Gasteiger charge is 2.34. The molecular formula is C30H43N9O10. The van der Waals surface area contributed by atoms with Gasteiger partial charge in [0.1, 0.15) is 36.0 Å². The van der Waals surface area contributed by atoms with Crippen molar-refractivity contribution in [2.24, 2.45) is 5.73 Å². The lowest BCUT2D eigenvalue weighted by Gasteiger charge is -2.29. The van der Waals surface area contributed by atoms with Gasteiger partial charge in [0, 0.05) is 24.9 Å². The number of piperidine rings is 1. The van der Waals surface area contributed by atoms with Crippen LogP contribution in [0.4, 0.5) is 0 Å². The van der Waals surface area contributed by atoms with E-state index >= 15 is 0 Å². The molecule has 0 saturated carbocycles. The maximum absolute atomic E-state index is 13.6. The number of carbonyl (C=O) groups excluding carboxylic acids is 6. The van der Waals surface area contributed by atoms with E-state index < -0.39 is 78.9 Å². The van der Waals surface area contributed by atoms with Crippen LogP contribution in [0.1, 0.15) is 48.2 Å². The number of hydrogen-bond acceptors (Lipinski definition) is 12. The number of aromatic nitrogens is 2. The lowest BCUT2D eigenvalue weighted by atomic mass is 10.0. The molecule has 0 bridgehead atoms. The number of imidazole rings is 1. The van der Waals surface area contributed by atoms with E-state index in [1.54, 1.807) is 0 Å². The molecule has 2 aromatic rings. The Kier molecular flexibility index (Phi) is 14.9. The highest BCUT2D eigenvalue weighted by Crippen LogP contribution is 2.15. The van der Waals surface area contributed by atoms with E-state index in [4.69, 9.17) is 5.73 Å². The van der Waals surface area contributed by atoms with E-state index in [1.807, 2.05) is 0 Å². The first kappa shape index (κ1) is 38.3. The average molecular weight is 690 g/mol. The molecule has 1 fully saturated rings. The first-order valence-corrected chi connectivity index (χ1v) is 15.7. The number of phenols is 1. The van der Waals surface area contributed by atoms with Gasteiger partial charge >= 0.3 is 0 Å². The van der Waals surface area contributed by atoms with E-state index in [9.17, 15) is 49.3 Å². The third-order valence-electron chi connectivity index (χ3n) is 7.69. The summed E-state index contributed by atoms with van der Waals surface area (Å²) in [5, 5.41) is 52.0. The predicted octanol–water partition coefficient (Wildman–Crippen LogP) is -3.48. The molecular weight excluding hydrogens is 646 g/mol. The van der Waals surface area contributed by atoms with Crippen molar-refractivity contribution < 1.29 is 49.3 Å². The van der Waals surface area contributed by atoms with Gasteiger partial charge in [0.2, 0.25) is 23.6 Å². The Morgan fingerprint density at radius 1 is 0.918 bits per heavy atom. The molecule has 1 aromatic carbocycles. The first-order valence-electron chi connectivity index (χ1n) is 15.7. The molecule has 268 valence electrons. The Hall–Kier alpha value is -5.11. The zero-order valence-electron chi connectivity index (χ0n) is 26.6. The number of nitrogens with one attached hydrogen (secondary N) is 6. The molecule has 1 aromatic heterocycles. The number of aliphatic hydroxyl groups excluding tert-OH is 2. The van der Waals surface area contributed by atoms with Crippen LogP contribution >= 0.6 is 0 Å². The molecule has 0 radical (unpaired) electrons. The number of phenolic OH excluding ortho intramolecular Hbond substituents is 1. The number of benzene rings is 1. The van der Waals surface area contributed by atoms with Crippen molar-refractivity contribution in [3.05, 3.63) is 48.0 Å². The van der Waals surface area contributed by atoms with Gasteiger partial charge in [0.25, 0.3) is 11.8 Å². The van der Waals surface area contributed by atoms with Crippen LogP contribution in [0.3, 0.4) is 0 Å². The number of aromatic hydroxyl groups is 1. The number of unbranched alkanes of at least 4 members (excludes halogenated alkanes) is 1. The van der Waals surface area contributed by atoms with E-state index in [1.165, 1.54) is 36.8 Å². The summed E-state index contributed by atoms with van der Waals surface area (Å²) in [5.74, 6) is -5.49. The van der Waals surface area contributed by atoms with Crippen LogP contribution in [0.25, 0.3) is 0 Å². The van der Waals surface area contributed by atoms with Gasteiger partial charge in [-0.05, 0) is 50.8 Å². The van der Waals surface area contributed by atoms with Crippen molar-refractivity contribution >= 4 is 35.4 Å². The third kappa shape index (κ3) is 11.2. The molecule has 0 aliphatic carbocycles. The summed E-state index contributed by atoms with van der Waals surface area (Å²) >= 11 is 0. The number of aliphatic hydroxyl groups is 2. The summed E-state index contributed by atoms with van der Waals surface area (Å²) in [6.07, 6.45) is 4.15. The number of nitrogens with two attached hydrogens (primary N) is 1. The van der Waals surface area contributed by atoms with Crippen molar-refractivity contribution in [2.45, 2.75) is 68.7 Å². The van der Waals surface area contributed by atoms with Gasteiger partial charge < -0.3 is 52.6 Å². The Balaban J connectivity index is 1.74. The molecule has 19 nitrogen and oxygen atoms in total. The molecule has 12 N–H and O–H groups in total. The molecule has 5 atom stereocenters. The number of aromatic amines is 1. The molecule has 1 aliphatic heterocycles. The fraction of sp³-hybridized carbons (Fsp3) is 0.500. The number of nitrogens with zero attached hydrogens (tertiary/aromatic N) is 2. The van der Waals surface area contributed by atoms with Crippen LogP contribution < -0.4 is 32.3 Å². The quantitative estimate of drug-likeness (QED) is 0.0537. The second-order valence-electron chi connectivity index (χ2n) is 11.3. The maximum atomic E-state index is 13.6.